The van der Waals surface area contributed by atoms with Crippen LogP contribution >= 0.6 is 24.0 Å². The van der Waals surface area contributed by atoms with Gasteiger partial charge < -0.3 is 20.8 Å². The molecule has 2 aromatic carbocycles. The van der Waals surface area contributed by atoms with E-state index in [1.54, 1.807) is 12.1 Å². The lowest BCUT2D eigenvalue weighted by Crippen LogP contribution is -2.22. The minimum Gasteiger partial charge on any atom is -0.459 e. The summed E-state index contributed by atoms with van der Waals surface area (Å²) in [4.78, 5) is 16.2. The summed E-state index contributed by atoms with van der Waals surface area (Å²) in [6.07, 6.45) is 1.46. The molecule has 134 valence electrons. The van der Waals surface area contributed by atoms with Crippen LogP contribution in [0.1, 0.15) is 16.1 Å². The number of amides is 1. The molecule has 0 fully saturated rings. The number of nitrogens with one attached hydrogen (secondary N) is 2. The molecular weight excluding hydrogens is 443 g/mol. The quantitative estimate of drug-likeness (QED) is 0.303. The number of para-hydroxylation sites is 1. The maximum atomic E-state index is 11.9. The molecule has 4 N–H and O–H groups in total. The maximum Gasteiger partial charge on any atom is 0.291 e. The van der Waals surface area contributed by atoms with Crippen LogP contribution in [-0.2, 0) is 6.54 Å². The fraction of sp³-hybridized carbons (Fsp3) is 0.0526. The standard InChI is InChI=1S/C19H18N4O2.HI/c20-19(23-15-5-2-1-3-6-15)21-13-14-8-10-16(11-9-14)22-18(24)17-7-4-12-25-17;/h1-12H,13H2,(H,22,24)(H3,20,21,23);1H. The van der Waals surface area contributed by atoms with Crippen molar-refractivity contribution in [2.45, 2.75) is 6.54 Å². The molecule has 3 rings (SSSR count). The van der Waals surface area contributed by atoms with Crippen molar-refractivity contribution in [2.75, 3.05) is 10.6 Å². The Labute approximate surface area is 168 Å². The highest BCUT2D eigenvalue weighted by Gasteiger charge is 2.08. The summed E-state index contributed by atoms with van der Waals surface area (Å²) in [5.41, 5.74) is 8.43. The van der Waals surface area contributed by atoms with Crippen LogP contribution in [0.5, 0.6) is 0 Å². The number of carbonyl (C=O) groups excluding carboxylic acids is 1. The van der Waals surface area contributed by atoms with Gasteiger partial charge in [0.15, 0.2) is 11.7 Å². The number of halogens is 1. The highest BCUT2D eigenvalue weighted by Crippen LogP contribution is 2.12. The fourth-order valence-electron chi connectivity index (χ4n) is 2.18. The maximum absolute atomic E-state index is 11.9. The summed E-state index contributed by atoms with van der Waals surface area (Å²) in [6, 6.07) is 20.3. The van der Waals surface area contributed by atoms with E-state index in [1.807, 2.05) is 54.6 Å². The number of aliphatic imine (C=N–C) groups is 1. The van der Waals surface area contributed by atoms with Crippen molar-refractivity contribution in [1.29, 1.82) is 0 Å². The first-order chi connectivity index (χ1) is 12.2. The van der Waals surface area contributed by atoms with Crippen LogP contribution < -0.4 is 16.4 Å². The van der Waals surface area contributed by atoms with E-state index in [1.165, 1.54) is 6.26 Å². The fourth-order valence-corrected chi connectivity index (χ4v) is 2.18. The average Bonchev–Trinajstić information content (AvgIpc) is 3.17. The number of anilines is 2. The summed E-state index contributed by atoms with van der Waals surface area (Å²) in [6.45, 7) is 0.443. The summed E-state index contributed by atoms with van der Waals surface area (Å²) in [5.74, 6) is 0.335. The van der Waals surface area contributed by atoms with Crippen molar-refractivity contribution in [2.24, 2.45) is 10.7 Å². The van der Waals surface area contributed by atoms with Gasteiger partial charge in [0.1, 0.15) is 0 Å². The van der Waals surface area contributed by atoms with Gasteiger partial charge in [-0.25, -0.2) is 4.99 Å². The predicted octanol–water partition coefficient (Wildman–Crippen LogP) is 4.08. The van der Waals surface area contributed by atoms with Crippen LogP contribution in [-0.4, -0.2) is 11.9 Å². The van der Waals surface area contributed by atoms with Crippen LogP contribution in [0.25, 0.3) is 0 Å². The van der Waals surface area contributed by atoms with E-state index in [-0.39, 0.29) is 35.6 Å². The van der Waals surface area contributed by atoms with Gasteiger partial charge in [-0.1, -0.05) is 30.3 Å². The van der Waals surface area contributed by atoms with Gasteiger partial charge in [-0.3, -0.25) is 4.79 Å². The van der Waals surface area contributed by atoms with Crippen molar-refractivity contribution in [1.82, 2.24) is 0 Å². The molecule has 0 aliphatic carbocycles. The number of hydrogen-bond donors (Lipinski definition) is 3. The minimum absolute atomic E-state index is 0. The lowest BCUT2D eigenvalue weighted by molar-refractivity contribution is 0.0996. The second kappa shape index (κ2) is 9.62. The smallest absolute Gasteiger partial charge is 0.291 e. The number of nitrogens with zero attached hydrogens (tertiary/aromatic N) is 1. The predicted molar refractivity (Wildman–Crippen MR) is 114 cm³/mol. The molecule has 0 saturated carbocycles. The largest absolute Gasteiger partial charge is 0.459 e. The second-order valence-electron chi connectivity index (χ2n) is 5.32. The van der Waals surface area contributed by atoms with Gasteiger partial charge in [0.2, 0.25) is 0 Å². The molecule has 0 atom stereocenters. The van der Waals surface area contributed by atoms with E-state index >= 15 is 0 Å². The minimum atomic E-state index is -0.285. The third-order valence-corrected chi connectivity index (χ3v) is 3.43. The van der Waals surface area contributed by atoms with Crippen molar-refractivity contribution in [3.05, 3.63) is 84.3 Å². The third-order valence-electron chi connectivity index (χ3n) is 3.43. The molecule has 26 heavy (non-hydrogen) atoms. The molecule has 1 heterocycles. The van der Waals surface area contributed by atoms with Crippen LogP contribution in [0, 0.1) is 0 Å². The molecule has 0 unspecified atom stereocenters. The van der Waals surface area contributed by atoms with Crippen molar-refractivity contribution in [3.8, 4) is 0 Å². The molecule has 1 aromatic heterocycles. The summed E-state index contributed by atoms with van der Waals surface area (Å²) in [7, 11) is 0. The molecule has 0 bridgehead atoms. The van der Waals surface area contributed by atoms with Gasteiger partial charge >= 0.3 is 0 Å². The first-order valence-electron chi connectivity index (χ1n) is 7.76. The van der Waals surface area contributed by atoms with Crippen LogP contribution in [0.2, 0.25) is 0 Å². The molecule has 6 nitrogen and oxygen atoms in total. The van der Waals surface area contributed by atoms with E-state index < -0.39 is 0 Å². The molecule has 7 heteroatoms. The van der Waals surface area contributed by atoms with E-state index in [9.17, 15) is 4.79 Å². The van der Waals surface area contributed by atoms with Gasteiger partial charge in [-0.05, 0) is 42.0 Å². The molecule has 0 saturated heterocycles. The zero-order valence-electron chi connectivity index (χ0n) is 13.9. The van der Waals surface area contributed by atoms with Crippen molar-refractivity contribution < 1.29 is 9.21 Å². The van der Waals surface area contributed by atoms with Crippen molar-refractivity contribution >= 4 is 47.2 Å². The van der Waals surface area contributed by atoms with E-state index in [0.717, 1.165) is 11.3 Å². The molecule has 0 aliphatic rings. The molecule has 1 amide bonds. The highest BCUT2D eigenvalue weighted by molar-refractivity contribution is 14.0. The Bertz CT molecular complexity index is 847. The normalized spacial score (nSPS) is 10.7. The number of guanidine groups is 1. The van der Waals surface area contributed by atoms with E-state index in [4.69, 9.17) is 10.2 Å². The van der Waals surface area contributed by atoms with Gasteiger partial charge in [0.05, 0.1) is 12.8 Å². The molecular formula is C19H19IN4O2. The lowest BCUT2D eigenvalue weighted by atomic mass is 10.2. The van der Waals surface area contributed by atoms with Gasteiger partial charge in [0.25, 0.3) is 5.91 Å². The number of rotatable bonds is 5. The Balaban J connectivity index is 0.00000243. The van der Waals surface area contributed by atoms with Crippen LogP contribution in [0.15, 0.2) is 82.4 Å². The number of nitrogens with two attached hydrogens (primary N) is 1. The van der Waals surface area contributed by atoms with Gasteiger partial charge in [-0.2, -0.15) is 0 Å². The lowest BCUT2D eigenvalue weighted by Gasteiger charge is -2.06. The Morgan fingerprint density at radius 2 is 1.62 bits per heavy atom. The van der Waals surface area contributed by atoms with Gasteiger partial charge in [0, 0.05) is 11.4 Å². The zero-order chi connectivity index (χ0) is 17.5. The summed E-state index contributed by atoms with van der Waals surface area (Å²) < 4.78 is 5.05. The van der Waals surface area contributed by atoms with Crippen LogP contribution in [0.4, 0.5) is 11.4 Å². The number of furan rings is 1. The number of benzene rings is 2. The number of carbonyl (C=O) groups is 1. The number of hydrogen-bond acceptors (Lipinski definition) is 3. The highest BCUT2D eigenvalue weighted by atomic mass is 127. The second-order valence-corrected chi connectivity index (χ2v) is 5.32. The molecule has 0 spiro atoms. The van der Waals surface area contributed by atoms with E-state index in [0.29, 0.717) is 18.2 Å². The third kappa shape index (κ3) is 5.62. The summed E-state index contributed by atoms with van der Waals surface area (Å²) >= 11 is 0. The first kappa shape index (κ1) is 19.5. The summed E-state index contributed by atoms with van der Waals surface area (Å²) in [5, 5.41) is 5.79. The first-order valence-corrected chi connectivity index (χ1v) is 7.76. The Hall–Kier alpha value is -2.81. The Morgan fingerprint density at radius 1 is 0.923 bits per heavy atom. The Morgan fingerprint density at radius 3 is 2.27 bits per heavy atom. The zero-order valence-corrected chi connectivity index (χ0v) is 16.2. The monoisotopic (exact) mass is 462 g/mol. The Kier molecular flexibility index (Phi) is 7.22. The molecule has 0 aliphatic heterocycles. The van der Waals surface area contributed by atoms with Gasteiger partial charge in [-0.15, -0.1) is 24.0 Å². The topological polar surface area (TPSA) is 92.6 Å². The van der Waals surface area contributed by atoms with E-state index in [2.05, 4.69) is 15.6 Å². The average molecular weight is 462 g/mol. The SMILES string of the molecule is I.NC(=NCc1ccc(NC(=O)c2ccco2)cc1)Nc1ccccc1. The van der Waals surface area contributed by atoms with Crippen molar-refractivity contribution in [3.63, 3.8) is 0 Å². The molecule has 3 aromatic rings. The molecule has 0 radical (unpaired) electrons. The van der Waals surface area contributed by atoms with Crippen LogP contribution in [0.3, 0.4) is 0 Å².